The number of benzene rings is 1. The van der Waals surface area contributed by atoms with Gasteiger partial charge in [0.2, 0.25) is 0 Å². The molecule has 1 aromatic rings. The first-order valence-corrected chi connectivity index (χ1v) is 8.01. The number of hydrogen-bond acceptors (Lipinski definition) is 3. The normalized spacial score (nSPS) is 15.8. The Morgan fingerprint density at radius 2 is 2.05 bits per heavy atom. The molecule has 1 aliphatic rings. The zero-order chi connectivity index (χ0) is 14.4. The minimum Gasteiger partial charge on any atom is -0.373 e. The molecular weight excluding hydrogens is 270 g/mol. The maximum atomic E-state index is 6.16. The average Bonchev–Trinajstić information content (AvgIpc) is 2.96. The monoisotopic (exact) mass is 295 g/mol. The molecule has 0 bridgehead atoms. The predicted molar refractivity (Wildman–Crippen MR) is 87.8 cm³/mol. The summed E-state index contributed by atoms with van der Waals surface area (Å²) in [5.41, 5.74) is 2.57. The molecule has 0 aliphatic carbocycles. The lowest BCUT2D eigenvalue weighted by Gasteiger charge is -2.25. The molecule has 0 amide bonds. The molecule has 20 heavy (non-hydrogen) atoms. The summed E-state index contributed by atoms with van der Waals surface area (Å²) < 4.78 is 0. The van der Waals surface area contributed by atoms with Crippen LogP contribution < -0.4 is 10.2 Å². The molecule has 4 heteroatoms. The molecule has 1 aliphatic heterocycles. The van der Waals surface area contributed by atoms with Crippen LogP contribution in [0.2, 0.25) is 5.02 Å². The van der Waals surface area contributed by atoms with Crippen molar-refractivity contribution >= 4 is 17.3 Å². The van der Waals surface area contributed by atoms with Crippen molar-refractivity contribution in [3.05, 3.63) is 28.8 Å². The third-order valence-electron chi connectivity index (χ3n) is 3.97. The van der Waals surface area contributed by atoms with Gasteiger partial charge in [-0.05, 0) is 50.2 Å². The first kappa shape index (κ1) is 15.6. The van der Waals surface area contributed by atoms with Crippen LogP contribution in [-0.2, 0) is 6.54 Å². The Hall–Kier alpha value is -0.770. The topological polar surface area (TPSA) is 18.5 Å². The number of nitrogens with zero attached hydrogens (tertiary/aromatic N) is 2. The van der Waals surface area contributed by atoms with Crippen LogP contribution in [0.4, 0.5) is 5.69 Å². The third kappa shape index (κ3) is 4.37. The lowest BCUT2D eigenvalue weighted by Crippen LogP contribution is -2.32. The van der Waals surface area contributed by atoms with Gasteiger partial charge in [-0.15, -0.1) is 0 Å². The number of halogens is 1. The van der Waals surface area contributed by atoms with Crippen molar-refractivity contribution in [3.8, 4) is 0 Å². The van der Waals surface area contributed by atoms with E-state index in [1.807, 2.05) is 6.07 Å². The van der Waals surface area contributed by atoms with Crippen LogP contribution in [0.25, 0.3) is 0 Å². The van der Waals surface area contributed by atoms with Gasteiger partial charge in [0.25, 0.3) is 0 Å². The second-order valence-electron chi connectivity index (χ2n) is 5.52. The molecule has 1 fully saturated rings. The molecule has 1 saturated heterocycles. The summed E-state index contributed by atoms with van der Waals surface area (Å²) in [6.07, 6.45) is 2.71. The van der Waals surface area contributed by atoms with Crippen LogP contribution in [0, 0.1) is 0 Å². The summed E-state index contributed by atoms with van der Waals surface area (Å²) >= 11 is 6.16. The van der Waals surface area contributed by atoms with E-state index in [1.54, 1.807) is 0 Å². The standard InChI is InChI=1S/C16H26ClN3/c1-3-18-13-14-6-7-15(17)12-16(14)19(2)10-11-20-8-4-5-9-20/h6-7,12,18H,3-5,8-11,13H2,1-2H3. The van der Waals surface area contributed by atoms with E-state index < -0.39 is 0 Å². The molecule has 112 valence electrons. The summed E-state index contributed by atoms with van der Waals surface area (Å²) in [7, 11) is 2.16. The number of likely N-dealkylation sites (N-methyl/N-ethyl adjacent to an activating group) is 1. The zero-order valence-electron chi connectivity index (χ0n) is 12.7. The van der Waals surface area contributed by atoms with E-state index in [1.165, 1.54) is 37.2 Å². The molecule has 0 spiro atoms. The van der Waals surface area contributed by atoms with Crippen LogP contribution in [0.15, 0.2) is 18.2 Å². The van der Waals surface area contributed by atoms with E-state index in [2.05, 4.69) is 41.2 Å². The SMILES string of the molecule is CCNCc1ccc(Cl)cc1N(C)CCN1CCCC1. The summed E-state index contributed by atoms with van der Waals surface area (Å²) in [6.45, 7) is 8.73. The van der Waals surface area contributed by atoms with Gasteiger partial charge in [-0.25, -0.2) is 0 Å². The molecule has 0 saturated carbocycles. The highest BCUT2D eigenvalue weighted by Gasteiger charge is 2.13. The molecule has 1 N–H and O–H groups in total. The van der Waals surface area contributed by atoms with Gasteiger partial charge in [0.05, 0.1) is 0 Å². The third-order valence-corrected chi connectivity index (χ3v) is 4.21. The van der Waals surface area contributed by atoms with Gasteiger partial charge < -0.3 is 15.1 Å². The highest BCUT2D eigenvalue weighted by atomic mass is 35.5. The van der Waals surface area contributed by atoms with Crippen molar-refractivity contribution < 1.29 is 0 Å². The number of rotatable bonds is 7. The molecule has 0 aromatic heterocycles. The van der Waals surface area contributed by atoms with Gasteiger partial charge in [-0.2, -0.15) is 0 Å². The summed E-state index contributed by atoms with van der Waals surface area (Å²) in [5, 5.41) is 4.21. The van der Waals surface area contributed by atoms with Crippen molar-refractivity contribution in [1.29, 1.82) is 0 Å². The van der Waals surface area contributed by atoms with Gasteiger partial charge in [-0.1, -0.05) is 24.6 Å². The molecule has 2 rings (SSSR count). The van der Waals surface area contributed by atoms with Crippen molar-refractivity contribution in [2.24, 2.45) is 0 Å². The summed E-state index contributed by atoms with van der Waals surface area (Å²) in [6, 6.07) is 6.19. The van der Waals surface area contributed by atoms with Crippen LogP contribution in [0.1, 0.15) is 25.3 Å². The van der Waals surface area contributed by atoms with E-state index in [0.717, 1.165) is 31.2 Å². The molecule has 0 radical (unpaired) electrons. The van der Waals surface area contributed by atoms with Crippen LogP contribution in [0.5, 0.6) is 0 Å². The molecule has 0 unspecified atom stereocenters. The van der Waals surface area contributed by atoms with Crippen molar-refractivity contribution in [3.63, 3.8) is 0 Å². The Labute approximate surface area is 127 Å². The highest BCUT2D eigenvalue weighted by molar-refractivity contribution is 6.30. The van der Waals surface area contributed by atoms with Gasteiger partial charge in [0.15, 0.2) is 0 Å². The van der Waals surface area contributed by atoms with Gasteiger partial charge >= 0.3 is 0 Å². The minimum atomic E-state index is 0.813. The highest BCUT2D eigenvalue weighted by Crippen LogP contribution is 2.24. The van der Waals surface area contributed by atoms with E-state index >= 15 is 0 Å². The fraction of sp³-hybridized carbons (Fsp3) is 0.625. The Kier molecular flexibility index (Phi) is 6.14. The number of nitrogens with one attached hydrogen (secondary N) is 1. The van der Waals surface area contributed by atoms with E-state index in [4.69, 9.17) is 11.6 Å². The summed E-state index contributed by atoms with van der Waals surface area (Å²) in [4.78, 5) is 4.88. The maximum absolute atomic E-state index is 6.16. The van der Waals surface area contributed by atoms with Crippen LogP contribution in [-0.4, -0.2) is 44.7 Å². The van der Waals surface area contributed by atoms with Crippen molar-refractivity contribution in [2.75, 3.05) is 44.7 Å². The van der Waals surface area contributed by atoms with Gasteiger partial charge in [0, 0.05) is 37.4 Å². The first-order chi connectivity index (χ1) is 9.70. The molecular formula is C16H26ClN3. The fourth-order valence-corrected chi connectivity index (χ4v) is 2.89. The quantitative estimate of drug-likeness (QED) is 0.834. The predicted octanol–water partition coefficient (Wildman–Crippen LogP) is 2.98. The zero-order valence-corrected chi connectivity index (χ0v) is 13.4. The Morgan fingerprint density at radius 3 is 2.75 bits per heavy atom. The maximum Gasteiger partial charge on any atom is 0.0426 e. The molecule has 1 aromatic carbocycles. The number of hydrogen-bond donors (Lipinski definition) is 1. The van der Waals surface area contributed by atoms with E-state index in [-0.39, 0.29) is 0 Å². The van der Waals surface area contributed by atoms with Gasteiger partial charge in [0.1, 0.15) is 0 Å². The fourth-order valence-electron chi connectivity index (χ4n) is 2.72. The van der Waals surface area contributed by atoms with E-state index in [0.29, 0.717) is 0 Å². The molecule has 0 atom stereocenters. The largest absolute Gasteiger partial charge is 0.373 e. The molecule has 1 heterocycles. The van der Waals surface area contributed by atoms with E-state index in [9.17, 15) is 0 Å². The minimum absolute atomic E-state index is 0.813. The average molecular weight is 296 g/mol. The Bertz CT molecular complexity index is 416. The number of likely N-dealkylation sites (tertiary alicyclic amines) is 1. The van der Waals surface area contributed by atoms with Crippen LogP contribution in [0.3, 0.4) is 0 Å². The Balaban J connectivity index is 1.98. The summed E-state index contributed by atoms with van der Waals surface area (Å²) in [5.74, 6) is 0. The second-order valence-corrected chi connectivity index (χ2v) is 5.96. The van der Waals surface area contributed by atoms with Gasteiger partial charge in [-0.3, -0.25) is 0 Å². The van der Waals surface area contributed by atoms with Crippen LogP contribution >= 0.6 is 11.6 Å². The van der Waals surface area contributed by atoms with Crippen molar-refractivity contribution in [1.82, 2.24) is 10.2 Å². The molecule has 3 nitrogen and oxygen atoms in total. The first-order valence-electron chi connectivity index (χ1n) is 7.63. The second kappa shape index (κ2) is 7.87. The Morgan fingerprint density at radius 1 is 1.30 bits per heavy atom. The number of anilines is 1. The lowest BCUT2D eigenvalue weighted by atomic mass is 10.1. The van der Waals surface area contributed by atoms with Crippen molar-refractivity contribution in [2.45, 2.75) is 26.3 Å². The smallest absolute Gasteiger partial charge is 0.0426 e. The lowest BCUT2D eigenvalue weighted by molar-refractivity contribution is 0.346.